The first-order valence-corrected chi connectivity index (χ1v) is 14.5. The van der Waals surface area contributed by atoms with Crippen molar-refractivity contribution in [2.24, 2.45) is 0 Å². The van der Waals surface area contributed by atoms with Crippen LogP contribution in [0, 0.1) is 20.8 Å². The van der Waals surface area contributed by atoms with Crippen molar-refractivity contribution in [3.8, 4) is 0 Å². The van der Waals surface area contributed by atoms with Gasteiger partial charge >= 0.3 is 0 Å². The normalized spacial score (nSPS) is 15.2. The number of amides is 2. The molecule has 3 rings (SSSR count). The Labute approximate surface area is 215 Å². The first-order valence-electron chi connectivity index (χ1n) is 12.7. The molecule has 0 radical (unpaired) electrons. The molecule has 36 heavy (non-hydrogen) atoms. The number of benzene rings is 2. The maximum Gasteiger partial charge on any atom is 0.244 e. The van der Waals surface area contributed by atoms with Crippen molar-refractivity contribution >= 4 is 27.5 Å². The minimum atomic E-state index is -3.75. The summed E-state index contributed by atoms with van der Waals surface area (Å²) < 4.78 is 26.8. The number of aryl methyl sites for hydroxylation is 3. The highest BCUT2D eigenvalue weighted by molar-refractivity contribution is 7.92. The molecule has 0 unspecified atom stereocenters. The topological polar surface area (TPSA) is 86.8 Å². The van der Waals surface area contributed by atoms with E-state index in [-0.39, 0.29) is 25.0 Å². The highest BCUT2D eigenvalue weighted by Gasteiger charge is 2.31. The fourth-order valence-corrected chi connectivity index (χ4v) is 5.60. The average Bonchev–Trinajstić information content (AvgIpc) is 2.83. The summed E-state index contributed by atoms with van der Waals surface area (Å²) in [5.41, 5.74) is 4.05. The smallest absolute Gasteiger partial charge is 0.244 e. The molecular formula is C28H39N3O4S. The van der Waals surface area contributed by atoms with Crippen LogP contribution in [0.3, 0.4) is 0 Å². The van der Waals surface area contributed by atoms with Crippen molar-refractivity contribution in [3.05, 3.63) is 64.7 Å². The number of anilines is 1. The van der Waals surface area contributed by atoms with E-state index in [0.29, 0.717) is 5.69 Å². The molecule has 1 atom stereocenters. The van der Waals surface area contributed by atoms with Crippen LogP contribution in [0.1, 0.15) is 61.3 Å². The van der Waals surface area contributed by atoms with Gasteiger partial charge in [0.1, 0.15) is 12.6 Å². The summed E-state index contributed by atoms with van der Waals surface area (Å²) in [6.45, 7) is 7.22. The predicted molar refractivity (Wildman–Crippen MR) is 144 cm³/mol. The van der Waals surface area contributed by atoms with E-state index in [9.17, 15) is 18.0 Å². The lowest BCUT2D eigenvalue weighted by molar-refractivity contribution is -0.139. The van der Waals surface area contributed by atoms with Crippen LogP contribution in [0.4, 0.5) is 5.69 Å². The molecule has 1 N–H and O–H groups in total. The molecule has 0 bridgehead atoms. The van der Waals surface area contributed by atoms with Crippen LogP contribution in [0.15, 0.2) is 42.5 Å². The third kappa shape index (κ3) is 7.09. The maximum absolute atomic E-state index is 13.8. The van der Waals surface area contributed by atoms with E-state index < -0.39 is 22.0 Å². The molecule has 1 aliphatic rings. The zero-order chi connectivity index (χ0) is 26.5. The van der Waals surface area contributed by atoms with Gasteiger partial charge in [-0.25, -0.2) is 8.42 Å². The van der Waals surface area contributed by atoms with Crippen LogP contribution in [-0.4, -0.2) is 50.0 Å². The highest BCUT2D eigenvalue weighted by Crippen LogP contribution is 2.25. The van der Waals surface area contributed by atoms with Crippen molar-refractivity contribution in [1.82, 2.24) is 10.2 Å². The van der Waals surface area contributed by atoms with E-state index in [0.717, 1.165) is 58.5 Å². The van der Waals surface area contributed by atoms with Gasteiger partial charge in [-0.15, -0.1) is 0 Å². The Balaban J connectivity index is 1.91. The summed E-state index contributed by atoms with van der Waals surface area (Å²) in [6.07, 6.45) is 6.35. The molecule has 1 aliphatic carbocycles. The Bertz CT molecular complexity index is 1190. The number of sulfonamides is 1. The fourth-order valence-electron chi connectivity index (χ4n) is 4.71. The zero-order valence-corrected chi connectivity index (χ0v) is 22.9. The number of nitrogens with one attached hydrogen (secondary N) is 1. The van der Waals surface area contributed by atoms with Crippen molar-refractivity contribution in [3.63, 3.8) is 0 Å². The number of hydrogen-bond donors (Lipinski definition) is 1. The lowest BCUT2D eigenvalue weighted by atomic mass is 9.95. The van der Waals surface area contributed by atoms with Gasteiger partial charge in [0.15, 0.2) is 0 Å². The van der Waals surface area contributed by atoms with E-state index in [1.165, 1.54) is 11.3 Å². The Hall–Kier alpha value is -2.87. The first-order chi connectivity index (χ1) is 17.0. The number of rotatable bonds is 9. The van der Waals surface area contributed by atoms with E-state index in [4.69, 9.17) is 0 Å². The minimum Gasteiger partial charge on any atom is -0.352 e. The van der Waals surface area contributed by atoms with Crippen molar-refractivity contribution in [2.75, 3.05) is 17.1 Å². The second-order valence-corrected chi connectivity index (χ2v) is 11.9. The van der Waals surface area contributed by atoms with Gasteiger partial charge in [-0.1, -0.05) is 55.7 Å². The second-order valence-electron chi connectivity index (χ2n) is 10.0. The Kier molecular flexibility index (Phi) is 9.17. The lowest BCUT2D eigenvalue weighted by Gasteiger charge is -2.33. The number of nitrogens with zero attached hydrogens (tertiary/aromatic N) is 2. The predicted octanol–water partition coefficient (Wildman–Crippen LogP) is 4.24. The van der Waals surface area contributed by atoms with E-state index in [2.05, 4.69) is 5.32 Å². The maximum atomic E-state index is 13.8. The molecule has 0 saturated heterocycles. The van der Waals surface area contributed by atoms with E-state index in [1.54, 1.807) is 13.0 Å². The molecule has 2 aromatic rings. The largest absolute Gasteiger partial charge is 0.352 e. The standard InChI is InChI=1S/C28H39N3O4S/c1-20-15-16-22(3)26(17-20)31(36(5,34)35)19-27(32)30(18-24-12-10-9-11-21(24)2)23(4)28(33)29-25-13-7-6-8-14-25/h9-12,15-17,23,25H,6-8,13-14,18-19H2,1-5H3,(H,29,33)/t23-/m1/s1. The van der Waals surface area contributed by atoms with Crippen molar-refractivity contribution in [2.45, 2.75) is 78.4 Å². The Morgan fingerprint density at radius 2 is 1.67 bits per heavy atom. The molecular weight excluding hydrogens is 474 g/mol. The van der Waals surface area contributed by atoms with Crippen LogP contribution < -0.4 is 9.62 Å². The average molecular weight is 514 g/mol. The van der Waals surface area contributed by atoms with Crippen LogP contribution in [0.5, 0.6) is 0 Å². The second kappa shape index (κ2) is 11.9. The van der Waals surface area contributed by atoms with Crippen molar-refractivity contribution < 1.29 is 18.0 Å². The molecule has 0 spiro atoms. The van der Waals surface area contributed by atoms with Gasteiger partial charge in [-0.05, 0) is 68.9 Å². The van der Waals surface area contributed by atoms with E-state index in [1.807, 2.05) is 57.2 Å². The van der Waals surface area contributed by atoms with Crippen LogP contribution in [0.2, 0.25) is 0 Å². The summed E-state index contributed by atoms with van der Waals surface area (Å²) in [7, 11) is -3.75. The van der Waals surface area contributed by atoms with Gasteiger partial charge in [-0.3, -0.25) is 13.9 Å². The minimum absolute atomic E-state index is 0.117. The molecule has 7 nitrogen and oxygen atoms in total. The summed E-state index contributed by atoms with van der Waals surface area (Å²) in [5.74, 6) is -0.627. The van der Waals surface area contributed by atoms with Gasteiger partial charge in [0.05, 0.1) is 11.9 Å². The molecule has 8 heteroatoms. The Morgan fingerprint density at radius 1 is 1.00 bits per heavy atom. The molecule has 0 aromatic heterocycles. The summed E-state index contributed by atoms with van der Waals surface area (Å²) in [5, 5.41) is 3.12. The summed E-state index contributed by atoms with van der Waals surface area (Å²) in [6, 6.07) is 12.6. The zero-order valence-electron chi connectivity index (χ0n) is 22.1. The highest BCUT2D eigenvalue weighted by atomic mass is 32.2. The van der Waals surface area contributed by atoms with Gasteiger partial charge in [-0.2, -0.15) is 0 Å². The van der Waals surface area contributed by atoms with Crippen LogP contribution in [0.25, 0.3) is 0 Å². The summed E-state index contributed by atoms with van der Waals surface area (Å²) in [4.78, 5) is 28.5. The number of carbonyl (C=O) groups excluding carboxylic acids is 2. The number of carbonyl (C=O) groups is 2. The monoisotopic (exact) mass is 513 g/mol. The number of hydrogen-bond acceptors (Lipinski definition) is 4. The lowest BCUT2D eigenvalue weighted by Crippen LogP contribution is -2.53. The van der Waals surface area contributed by atoms with E-state index >= 15 is 0 Å². The quantitative estimate of drug-likeness (QED) is 0.543. The molecule has 2 amide bonds. The third-order valence-electron chi connectivity index (χ3n) is 7.03. The van der Waals surface area contributed by atoms with Crippen molar-refractivity contribution in [1.29, 1.82) is 0 Å². The Morgan fingerprint density at radius 3 is 2.31 bits per heavy atom. The molecule has 1 fully saturated rings. The fraction of sp³-hybridized carbons (Fsp3) is 0.500. The molecule has 2 aromatic carbocycles. The molecule has 0 heterocycles. The molecule has 0 aliphatic heterocycles. The third-order valence-corrected chi connectivity index (χ3v) is 8.16. The van der Waals surface area contributed by atoms with Crippen LogP contribution >= 0.6 is 0 Å². The van der Waals surface area contributed by atoms with Gasteiger partial charge in [0.2, 0.25) is 21.8 Å². The SMILES string of the molecule is Cc1ccc(C)c(N(CC(=O)N(Cc2ccccc2C)[C@H](C)C(=O)NC2CCCCC2)S(C)(=O)=O)c1. The van der Waals surface area contributed by atoms with Gasteiger partial charge < -0.3 is 10.2 Å². The van der Waals surface area contributed by atoms with Gasteiger partial charge in [0.25, 0.3) is 0 Å². The molecule has 196 valence electrons. The van der Waals surface area contributed by atoms with Crippen LogP contribution in [-0.2, 0) is 26.2 Å². The molecule has 1 saturated carbocycles. The summed E-state index contributed by atoms with van der Waals surface area (Å²) >= 11 is 0. The van der Waals surface area contributed by atoms with Gasteiger partial charge in [0, 0.05) is 12.6 Å². The first kappa shape index (κ1) is 27.7.